The Kier molecular flexibility index (Phi) is 4.07. The van der Waals surface area contributed by atoms with Gasteiger partial charge < -0.3 is 9.84 Å². The van der Waals surface area contributed by atoms with Crippen molar-refractivity contribution in [3.05, 3.63) is 66.6 Å². The van der Waals surface area contributed by atoms with E-state index in [0.29, 0.717) is 34.0 Å². The zero-order valence-electron chi connectivity index (χ0n) is 15.9. The van der Waals surface area contributed by atoms with Crippen molar-refractivity contribution in [3.63, 3.8) is 0 Å². The van der Waals surface area contributed by atoms with Crippen LogP contribution in [0, 0.1) is 6.92 Å². The second kappa shape index (κ2) is 6.67. The van der Waals surface area contributed by atoms with Crippen molar-refractivity contribution in [2.45, 2.75) is 11.8 Å². The molecular weight excluding hydrogens is 404 g/mol. The molecule has 0 unspecified atom stereocenters. The van der Waals surface area contributed by atoms with E-state index in [4.69, 9.17) is 4.52 Å². The number of nitrogens with zero attached hydrogens (tertiary/aromatic N) is 3. The highest BCUT2D eigenvalue weighted by Gasteiger charge is 2.36. The van der Waals surface area contributed by atoms with Gasteiger partial charge in [-0.05, 0) is 29.7 Å². The van der Waals surface area contributed by atoms with Gasteiger partial charge in [-0.3, -0.25) is 9.10 Å². The van der Waals surface area contributed by atoms with Crippen molar-refractivity contribution < 1.29 is 17.7 Å². The van der Waals surface area contributed by atoms with Crippen LogP contribution in [0.25, 0.3) is 22.2 Å². The molecule has 1 amide bonds. The minimum Gasteiger partial charge on any atom is -0.339 e. The molecule has 0 saturated heterocycles. The van der Waals surface area contributed by atoms with E-state index in [9.17, 15) is 13.2 Å². The molecule has 0 fully saturated rings. The Morgan fingerprint density at radius 2 is 1.83 bits per heavy atom. The predicted molar refractivity (Wildman–Crippen MR) is 112 cm³/mol. The number of hydrogen-bond donors (Lipinski definition) is 1. The summed E-state index contributed by atoms with van der Waals surface area (Å²) < 4.78 is 32.3. The molecule has 0 saturated carbocycles. The highest BCUT2D eigenvalue weighted by molar-refractivity contribution is 7.93. The number of aryl methyl sites for hydroxylation is 1. The molecule has 150 valence electrons. The third kappa shape index (κ3) is 2.82. The van der Waals surface area contributed by atoms with E-state index in [1.54, 1.807) is 55.5 Å². The third-order valence-corrected chi connectivity index (χ3v) is 6.74. The van der Waals surface area contributed by atoms with Gasteiger partial charge in [-0.15, -0.1) is 0 Å². The lowest BCUT2D eigenvalue weighted by Crippen LogP contribution is -2.35. The van der Waals surface area contributed by atoms with Crippen LogP contribution in [0.5, 0.6) is 0 Å². The summed E-state index contributed by atoms with van der Waals surface area (Å²) in [5, 5.41) is 8.11. The van der Waals surface area contributed by atoms with Crippen LogP contribution in [-0.2, 0) is 14.8 Å². The molecule has 8 nitrogen and oxygen atoms in total. The number of anilines is 2. The molecule has 9 heteroatoms. The standard InChI is InChI=1S/C21H16N4O4S/c1-13-22-21(24-29-13)15-8-2-3-9-16(15)23-19(26)12-25-17-10-4-6-14-7-5-11-18(20(14)17)30(25,27)28/h2-11H,12H2,1H3,(H,23,26). The van der Waals surface area contributed by atoms with Crippen molar-refractivity contribution in [2.24, 2.45) is 0 Å². The molecule has 0 aliphatic carbocycles. The first-order chi connectivity index (χ1) is 14.4. The fraction of sp³-hybridized carbons (Fsp3) is 0.0952. The van der Waals surface area contributed by atoms with Crippen molar-refractivity contribution in [1.82, 2.24) is 10.1 Å². The maximum atomic E-state index is 13.1. The molecule has 0 bridgehead atoms. The lowest BCUT2D eigenvalue weighted by atomic mass is 10.1. The maximum Gasteiger partial charge on any atom is 0.265 e. The first-order valence-electron chi connectivity index (χ1n) is 9.19. The number of hydrogen-bond acceptors (Lipinski definition) is 6. The predicted octanol–water partition coefficient (Wildman–Crippen LogP) is 3.35. The minimum atomic E-state index is -3.81. The quantitative estimate of drug-likeness (QED) is 0.543. The normalized spacial score (nSPS) is 14.2. The van der Waals surface area contributed by atoms with E-state index in [1.165, 1.54) is 0 Å². The molecule has 0 atom stereocenters. The Balaban J connectivity index is 1.46. The monoisotopic (exact) mass is 420 g/mol. The minimum absolute atomic E-state index is 0.214. The van der Waals surface area contributed by atoms with Crippen LogP contribution in [0.15, 0.2) is 70.1 Å². The number of nitrogens with one attached hydrogen (secondary N) is 1. The van der Waals surface area contributed by atoms with Crippen LogP contribution in [-0.4, -0.2) is 31.0 Å². The van der Waals surface area contributed by atoms with Crippen LogP contribution in [0.2, 0.25) is 0 Å². The van der Waals surface area contributed by atoms with Crippen LogP contribution in [0.3, 0.4) is 0 Å². The first kappa shape index (κ1) is 18.3. The van der Waals surface area contributed by atoms with E-state index < -0.39 is 15.9 Å². The van der Waals surface area contributed by atoms with Crippen LogP contribution < -0.4 is 9.62 Å². The average Bonchev–Trinajstić information content (AvgIpc) is 3.25. The zero-order valence-corrected chi connectivity index (χ0v) is 16.7. The molecular formula is C21H16N4O4S. The summed E-state index contributed by atoms with van der Waals surface area (Å²) in [7, 11) is -3.81. The number of carbonyl (C=O) groups excluding carboxylic acids is 1. The molecule has 30 heavy (non-hydrogen) atoms. The lowest BCUT2D eigenvalue weighted by molar-refractivity contribution is -0.114. The van der Waals surface area contributed by atoms with E-state index in [-0.39, 0.29) is 11.4 Å². The Labute approximate surface area is 172 Å². The molecule has 2 heterocycles. The van der Waals surface area contributed by atoms with Gasteiger partial charge in [-0.1, -0.05) is 41.6 Å². The summed E-state index contributed by atoms with van der Waals surface area (Å²) >= 11 is 0. The smallest absolute Gasteiger partial charge is 0.265 e. The Morgan fingerprint density at radius 1 is 1.07 bits per heavy atom. The largest absolute Gasteiger partial charge is 0.339 e. The second-order valence-electron chi connectivity index (χ2n) is 6.87. The molecule has 1 aliphatic rings. The van der Waals surface area contributed by atoms with E-state index in [2.05, 4.69) is 15.5 Å². The number of rotatable bonds is 4. The lowest BCUT2D eigenvalue weighted by Gasteiger charge is -2.18. The van der Waals surface area contributed by atoms with Gasteiger partial charge in [0.05, 0.1) is 16.3 Å². The Hall–Kier alpha value is -3.72. The van der Waals surface area contributed by atoms with Gasteiger partial charge >= 0.3 is 0 Å². The van der Waals surface area contributed by atoms with E-state index in [0.717, 1.165) is 9.69 Å². The maximum absolute atomic E-state index is 13.1. The summed E-state index contributed by atoms with van der Waals surface area (Å²) in [6.45, 7) is 1.32. The van der Waals surface area contributed by atoms with Gasteiger partial charge in [-0.2, -0.15) is 4.98 Å². The molecule has 0 radical (unpaired) electrons. The average molecular weight is 420 g/mol. The summed E-state index contributed by atoms with van der Waals surface area (Å²) in [4.78, 5) is 17.2. The highest BCUT2D eigenvalue weighted by Crippen LogP contribution is 2.41. The molecule has 5 rings (SSSR count). The van der Waals surface area contributed by atoms with Gasteiger partial charge in [0.25, 0.3) is 10.0 Å². The SMILES string of the molecule is Cc1nc(-c2ccccc2NC(=O)CN2c3cccc4cccc(c34)S2(=O)=O)no1. The van der Waals surface area contributed by atoms with Gasteiger partial charge in [-0.25, -0.2) is 8.42 Å². The van der Waals surface area contributed by atoms with Crippen LogP contribution in [0.1, 0.15) is 5.89 Å². The van der Waals surface area contributed by atoms with Crippen molar-refractivity contribution in [3.8, 4) is 11.4 Å². The number of amides is 1. The summed E-state index contributed by atoms with van der Waals surface area (Å²) in [5.74, 6) is 0.269. The number of para-hydroxylation sites is 1. The Bertz CT molecular complexity index is 1410. The third-order valence-electron chi connectivity index (χ3n) is 4.94. The summed E-state index contributed by atoms with van der Waals surface area (Å²) in [6.07, 6.45) is 0. The Morgan fingerprint density at radius 3 is 2.60 bits per heavy atom. The van der Waals surface area contributed by atoms with Crippen molar-refractivity contribution in [2.75, 3.05) is 16.2 Å². The number of carbonyl (C=O) groups is 1. The van der Waals surface area contributed by atoms with E-state index >= 15 is 0 Å². The fourth-order valence-corrected chi connectivity index (χ4v) is 5.31. The topological polar surface area (TPSA) is 105 Å². The van der Waals surface area contributed by atoms with Crippen molar-refractivity contribution in [1.29, 1.82) is 0 Å². The summed E-state index contributed by atoms with van der Waals surface area (Å²) in [6, 6.07) is 17.5. The van der Waals surface area contributed by atoms with Crippen molar-refractivity contribution >= 4 is 38.1 Å². The van der Waals surface area contributed by atoms with Crippen LogP contribution >= 0.6 is 0 Å². The molecule has 4 aromatic rings. The number of sulfonamides is 1. The van der Waals surface area contributed by atoms with Gasteiger partial charge in [0, 0.05) is 17.9 Å². The van der Waals surface area contributed by atoms with Gasteiger partial charge in [0.1, 0.15) is 6.54 Å². The molecule has 1 N–H and O–H groups in total. The van der Waals surface area contributed by atoms with Gasteiger partial charge in [0.15, 0.2) is 0 Å². The van der Waals surface area contributed by atoms with Crippen LogP contribution in [0.4, 0.5) is 11.4 Å². The second-order valence-corrected chi connectivity index (χ2v) is 8.70. The zero-order chi connectivity index (χ0) is 20.9. The number of benzene rings is 3. The first-order valence-corrected chi connectivity index (χ1v) is 10.6. The molecule has 3 aromatic carbocycles. The molecule has 1 aromatic heterocycles. The summed E-state index contributed by atoms with van der Waals surface area (Å²) in [5.41, 5.74) is 1.55. The molecule has 0 spiro atoms. The van der Waals surface area contributed by atoms with E-state index in [1.807, 2.05) is 12.1 Å². The number of aromatic nitrogens is 2. The fourth-order valence-electron chi connectivity index (χ4n) is 3.64. The van der Waals surface area contributed by atoms with Gasteiger partial charge in [0.2, 0.25) is 17.6 Å². The molecule has 1 aliphatic heterocycles. The highest BCUT2D eigenvalue weighted by atomic mass is 32.2.